The first kappa shape index (κ1) is 39.9. The fraction of sp³-hybridized carbons (Fsp3) is 0. The zero-order valence-corrected chi connectivity index (χ0v) is 38.2. The van der Waals surface area contributed by atoms with Crippen LogP contribution in [0.15, 0.2) is 229 Å². The first-order valence-electron chi connectivity index (χ1n) is 23.3. The van der Waals surface area contributed by atoms with E-state index in [0.29, 0.717) is 17.5 Å². The second-order valence-electron chi connectivity index (χ2n) is 17.6. The van der Waals surface area contributed by atoms with E-state index in [1.54, 1.807) is 11.3 Å². The average Bonchev–Trinajstić information content (AvgIpc) is 4.01. The summed E-state index contributed by atoms with van der Waals surface area (Å²) in [6.45, 7) is 0. The minimum Gasteiger partial charge on any atom is -0.456 e. The summed E-state index contributed by atoms with van der Waals surface area (Å²) in [5.74, 6) is 1.88. The van der Waals surface area contributed by atoms with Gasteiger partial charge in [0.1, 0.15) is 11.2 Å². The number of para-hydroxylation sites is 1. The van der Waals surface area contributed by atoms with E-state index in [-0.39, 0.29) is 0 Å². The maximum absolute atomic E-state index is 6.40. The van der Waals surface area contributed by atoms with Gasteiger partial charge in [0.05, 0.1) is 22.4 Å². The van der Waals surface area contributed by atoms with Crippen molar-refractivity contribution in [2.75, 3.05) is 0 Å². The third kappa shape index (κ3) is 6.90. The number of thiophene rings is 1. The van der Waals surface area contributed by atoms with Crippen molar-refractivity contribution in [2.24, 2.45) is 0 Å². The lowest BCUT2D eigenvalue weighted by Crippen LogP contribution is -2.00. The van der Waals surface area contributed by atoms with E-state index < -0.39 is 0 Å². The SMILES string of the molecule is c1ccc(-c2ccc3ccc4ccc(-c5cc(-c6ccc(-c7nc(-c8ccccc8)nc(-c8cccc9c8sc8ccccc89)n7)cc6)cc(-c6ccc7c(c6)oc6ccccc67)c5)nc4c3n2)cc1. The first-order chi connectivity index (χ1) is 34.6. The highest BCUT2D eigenvalue weighted by Crippen LogP contribution is 2.41. The van der Waals surface area contributed by atoms with Crippen LogP contribution in [0.1, 0.15) is 0 Å². The van der Waals surface area contributed by atoms with Crippen LogP contribution in [0.25, 0.3) is 143 Å². The number of fused-ring (bicyclic) bond motifs is 9. The van der Waals surface area contributed by atoms with Gasteiger partial charge in [0.15, 0.2) is 17.5 Å². The molecule has 0 bridgehead atoms. The summed E-state index contributed by atoms with van der Waals surface area (Å²) >= 11 is 1.77. The molecule has 70 heavy (non-hydrogen) atoms. The summed E-state index contributed by atoms with van der Waals surface area (Å²) < 4.78 is 8.80. The predicted octanol–water partition coefficient (Wildman–Crippen LogP) is 16.9. The number of rotatable bonds is 7. The molecule has 5 heterocycles. The maximum atomic E-state index is 6.40. The van der Waals surface area contributed by atoms with E-state index >= 15 is 0 Å². The molecule has 14 aromatic rings. The maximum Gasteiger partial charge on any atom is 0.165 e. The fourth-order valence-corrected chi connectivity index (χ4v) is 11.0. The van der Waals surface area contributed by atoms with Gasteiger partial charge in [-0.15, -0.1) is 11.3 Å². The Labute approximate surface area is 405 Å². The van der Waals surface area contributed by atoms with Gasteiger partial charge >= 0.3 is 0 Å². The Balaban J connectivity index is 0.907. The summed E-state index contributed by atoms with van der Waals surface area (Å²) in [5, 5.41) is 6.71. The molecule has 0 aliphatic carbocycles. The second kappa shape index (κ2) is 16.3. The van der Waals surface area contributed by atoms with Crippen molar-refractivity contribution in [1.29, 1.82) is 0 Å². The Morgan fingerprint density at radius 2 is 0.829 bits per heavy atom. The van der Waals surface area contributed by atoms with Gasteiger partial charge in [-0.3, -0.25) is 0 Å². The smallest absolute Gasteiger partial charge is 0.165 e. The normalized spacial score (nSPS) is 11.7. The van der Waals surface area contributed by atoms with Crippen molar-refractivity contribution in [2.45, 2.75) is 0 Å². The van der Waals surface area contributed by atoms with Crippen molar-refractivity contribution < 1.29 is 4.42 Å². The van der Waals surface area contributed by atoms with Gasteiger partial charge in [0.25, 0.3) is 0 Å². The summed E-state index contributed by atoms with van der Waals surface area (Å²) in [7, 11) is 0. The van der Waals surface area contributed by atoms with E-state index in [1.807, 2.05) is 60.7 Å². The Morgan fingerprint density at radius 1 is 0.300 bits per heavy atom. The second-order valence-corrected chi connectivity index (χ2v) is 18.7. The lowest BCUT2D eigenvalue weighted by Gasteiger charge is -2.13. The Hall–Kier alpha value is -9.17. The number of benzene rings is 9. The molecular formula is C63H37N5OS. The largest absolute Gasteiger partial charge is 0.456 e. The third-order valence-electron chi connectivity index (χ3n) is 13.3. The lowest BCUT2D eigenvalue weighted by molar-refractivity contribution is 0.669. The molecule has 0 saturated heterocycles. The molecule has 0 aliphatic rings. The van der Waals surface area contributed by atoms with Crippen LogP contribution in [0, 0.1) is 0 Å². The molecular weight excluding hydrogens is 875 g/mol. The van der Waals surface area contributed by atoms with Gasteiger partial charge in [-0.2, -0.15) is 0 Å². The molecule has 0 saturated carbocycles. The van der Waals surface area contributed by atoms with E-state index in [2.05, 4.69) is 164 Å². The van der Waals surface area contributed by atoms with Crippen molar-refractivity contribution in [3.05, 3.63) is 224 Å². The van der Waals surface area contributed by atoms with Gasteiger partial charge in [-0.25, -0.2) is 24.9 Å². The van der Waals surface area contributed by atoms with Gasteiger partial charge in [-0.05, 0) is 82.9 Å². The molecule has 0 atom stereocenters. The summed E-state index contributed by atoms with van der Waals surface area (Å²) in [6, 6.07) is 78.2. The zero-order valence-electron chi connectivity index (χ0n) is 37.4. The van der Waals surface area contributed by atoms with Crippen LogP contribution < -0.4 is 0 Å². The van der Waals surface area contributed by atoms with E-state index in [1.165, 1.54) is 15.5 Å². The van der Waals surface area contributed by atoms with Crippen molar-refractivity contribution in [1.82, 2.24) is 24.9 Å². The fourth-order valence-electron chi connectivity index (χ4n) is 9.79. The highest BCUT2D eigenvalue weighted by molar-refractivity contribution is 7.26. The molecule has 0 fully saturated rings. The van der Waals surface area contributed by atoms with Gasteiger partial charge in [0.2, 0.25) is 0 Å². The van der Waals surface area contributed by atoms with Crippen LogP contribution in [-0.2, 0) is 0 Å². The molecule has 0 amide bonds. The molecule has 0 spiro atoms. The van der Waals surface area contributed by atoms with Crippen LogP contribution in [-0.4, -0.2) is 24.9 Å². The summed E-state index contributed by atoms with van der Waals surface area (Å²) in [5.41, 5.74) is 14.3. The van der Waals surface area contributed by atoms with Crippen LogP contribution in [0.5, 0.6) is 0 Å². The van der Waals surface area contributed by atoms with Gasteiger partial charge in [-0.1, -0.05) is 164 Å². The molecule has 6 nitrogen and oxygen atoms in total. The quantitative estimate of drug-likeness (QED) is 0.148. The van der Waals surface area contributed by atoms with Crippen LogP contribution in [0.2, 0.25) is 0 Å². The number of aromatic nitrogens is 5. The predicted molar refractivity (Wildman–Crippen MR) is 289 cm³/mol. The zero-order chi connectivity index (χ0) is 46.1. The minimum absolute atomic E-state index is 0.610. The molecule has 5 aromatic heterocycles. The standard InChI is InChI=1S/C63H37N5OS/c1-3-12-39(13-4-1)53-32-29-40-24-25-41-30-33-54(65-59(41)58(40)64-53)47-35-45(34-46(36-47)44-28-31-49-48-16-7-9-20-55(48)69-56(49)37-44)38-22-26-43(27-23-38)62-66-61(42-14-5-2-6-15-42)67-63(68-62)52-19-11-18-51-50-17-8-10-21-57(50)70-60(51)52/h1-37H. The van der Waals surface area contributed by atoms with Crippen LogP contribution >= 0.6 is 11.3 Å². The topological polar surface area (TPSA) is 77.6 Å². The number of pyridine rings is 2. The monoisotopic (exact) mass is 911 g/mol. The van der Waals surface area contributed by atoms with Crippen molar-refractivity contribution in [3.8, 4) is 78.9 Å². The number of hydrogen-bond donors (Lipinski definition) is 0. The highest BCUT2D eigenvalue weighted by atomic mass is 32.1. The van der Waals surface area contributed by atoms with Crippen LogP contribution in [0.4, 0.5) is 0 Å². The van der Waals surface area contributed by atoms with Crippen molar-refractivity contribution >= 4 is 75.3 Å². The van der Waals surface area contributed by atoms with Gasteiger partial charge in [0, 0.05) is 69.5 Å². The summed E-state index contributed by atoms with van der Waals surface area (Å²) in [6.07, 6.45) is 0. The summed E-state index contributed by atoms with van der Waals surface area (Å²) in [4.78, 5) is 26.0. The van der Waals surface area contributed by atoms with Crippen molar-refractivity contribution in [3.63, 3.8) is 0 Å². The average molecular weight is 912 g/mol. The molecule has 0 N–H and O–H groups in total. The first-order valence-corrected chi connectivity index (χ1v) is 24.1. The molecule has 0 radical (unpaired) electrons. The van der Waals surface area contributed by atoms with E-state index in [0.717, 1.165) is 110 Å². The Morgan fingerprint density at radius 3 is 1.57 bits per heavy atom. The van der Waals surface area contributed by atoms with Gasteiger partial charge < -0.3 is 4.42 Å². The van der Waals surface area contributed by atoms with Crippen LogP contribution in [0.3, 0.4) is 0 Å². The van der Waals surface area contributed by atoms with E-state index in [4.69, 9.17) is 29.3 Å². The lowest BCUT2D eigenvalue weighted by atomic mass is 9.93. The highest BCUT2D eigenvalue weighted by Gasteiger charge is 2.18. The Bertz CT molecular complexity index is 4350. The molecule has 7 heteroatoms. The number of hydrogen-bond acceptors (Lipinski definition) is 7. The van der Waals surface area contributed by atoms with E-state index in [9.17, 15) is 0 Å². The number of furan rings is 1. The number of nitrogens with zero attached hydrogens (tertiary/aromatic N) is 5. The Kier molecular flexibility index (Phi) is 9.28. The molecule has 0 aliphatic heterocycles. The molecule has 326 valence electrons. The third-order valence-corrected chi connectivity index (χ3v) is 14.5. The molecule has 9 aromatic carbocycles. The minimum atomic E-state index is 0.610. The molecule has 14 rings (SSSR count). The molecule has 0 unspecified atom stereocenters.